The Bertz CT molecular complexity index is 1140. The molecule has 0 radical (unpaired) electrons. The minimum atomic E-state index is -0.0474. The van der Waals surface area contributed by atoms with Crippen molar-refractivity contribution >= 4 is 34.1 Å². The molecule has 0 aliphatic carbocycles. The number of nitriles is 1. The smallest absolute Gasteiger partial charge is 0.183 e. The van der Waals surface area contributed by atoms with Crippen LogP contribution in [-0.4, -0.2) is 41.3 Å². The van der Waals surface area contributed by atoms with E-state index in [1.807, 2.05) is 26.0 Å². The van der Waals surface area contributed by atoms with Crippen LogP contribution in [0.2, 0.25) is 5.15 Å². The van der Waals surface area contributed by atoms with Crippen molar-refractivity contribution in [3.8, 4) is 6.07 Å². The van der Waals surface area contributed by atoms with Gasteiger partial charge in [0.1, 0.15) is 11.2 Å². The molecule has 1 aliphatic rings. The lowest BCUT2D eigenvalue weighted by Gasteiger charge is -2.28. The Morgan fingerprint density at radius 1 is 1.17 bits per heavy atom. The van der Waals surface area contributed by atoms with Crippen molar-refractivity contribution in [3.63, 3.8) is 0 Å². The Morgan fingerprint density at radius 2 is 1.93 bits per heavy atom. The highest BCUT2D eigenvalue weighted by Crippen LogP contribution is 2.30. The summed E-state index contributed by atoms with van der Waals surface area (Å²) in [4.78, 5) is 16.0. The number of aryl methyl sites for hydroxylation is 2. The Kier molecular flexibility index (Phi) is 5.71. The summed E-state index contributed by atoms with van der Waals surface area (Å²) in [5, 5.41) is 13.6. The van der Waals surface area contributed by atoms with Crippen LogP contribution in [-0.2, 0) is 4.74 Å². The van der Waals surface area contributed by atoms with E-state index in [4.69, 9.17) is 21.3 Å². The van der Waals surface area contributed by atoms with Gasteiger partial charge in [0.2, 0.25) is 0 Å². The molecular weight excluding hydrogens is 400 g/mol. The van der Waals surface area contributed by atoms with Crippen LogP contribution in [0.5, 0.6) is 0 Å². The molecule has 4 rings (SSSR count). The average molecular weight is 423 g/mol. The largest absolute Gasteiger partial charge is 0.378 e. The first kappa shape index (κ1) is 20.3. The van der Waals surface area contributed by atoms with Gasteiger partial charge >= 0.3 is 0 Å². The number of ether oxygens (including phenoxy) is 1. The van der Waals surface area contributed by atoms with Crippen molar-refractivity contribution < 1.29 is 4.74 Å². The van der Waals surface area contributed by atoms with E-state index in [1.165, 1.54) is 0 Å². The van der Waals surface area contributed by atoms with Crippen LogP contribution >= 0.6 is 11.6 Å². The maximum Gasteiger partial charge on any atom is 0.183 e. The Hall–Kier alpha value is -2.95. The van der Waals surface area contributed by atoms with Crippen LogP contribution in [0.3, 0.4) is 0 Å². The number of morpholine rings is 1. The van der Waals surface area contributed by atoms with Gasteiger partial charge in [-0.1, -0.05) is 17.7 Å². The van der Waals surface area contributed by atoms with E-state index in [0.29, 0.717) is 43.0 Å². The monoisotopic (exact) mass is 422 g/mol. The predicted octanol–water partition coefficient (Wildman–Crippen LogP) is 4.18. The van der Waals surface area contributed by atoms with Crippen LogP contribution in [0.1, 0.15) is 35.5 Å². The number of nitrogens with one attached hydrogen (secondary N) is 1. The second-order valence-corrected chi connectivity index (χ2v) is 7.85. The highest BCUT2D eigenvalue weighted by atomic mass is 35.5. The second-order valence-electron chi connectivity index (χ2n) is 7.46. The van der Waals surface area contributed by atoms with Gasteiger partial charge in [0.05, 0.1) is 41.7 Å². The quantitative estimate of drug-likeness (QED) is 0.631. The molecule has 1 aromatic carbocycles. The fourth-order valence-electron chi connectivity index (χ4n) is 3.72. The zero-order valence-corrected chi connectivity index (χ0v) is 18.0. The molecule has 3 aromatic rings. The van der Waals surface area contributed by atoms with Gasteiger partial charge in [-0.25, -0.2) is 15.0 Å². The van der Waals surface area contributed by atoms with E-state index in [-0.39, 0.29) is 6.04 Å². The highest BCUT2D eigenvalue weighted by molar-refractivity contribution is 6.29. The number of hydrogen-bond donors (Lipinski definition) is 1. The third-order valence-corrected chi connectivity index (χ3v) is 5.44. The number of halogens is 1. The number of pyridine rings is 1. The Balaban J connectivity index is 1.79. The van der Waals surface area contributed by atoms with Crippen molar-refractivity contribution in [1.29, 1.82) is 5.26 Å². The number of anilines is 2. The first-order valence-electron chi connectivity index (χ1n) is 9.91. The van der Waals surface area contributed by atoms with Gasteiger partial charge in [-0.05, 0) is 44.5 Å². The van der Waals surface area contributed by atoms with E-state index in [9.17, 15) is 5.26 Å². The molecule has 8 heteroatoms. The lowest BCUT2D eigenvalue weighted by atomic mass is 10.0. The predicted molar refractivity (Wildman–Crippen MR) is 118 cm³/mol. The third-order valence-electron chi connectivity index (χ3n) is 5.23. The zero-order valence-electron chi connectivity index (χ0n) is 17.2. The van der Waals surface area contributed by atoms with Gasteiger partial charge in [0, 0.05) is 18.7 Å². The molecule has 0 saturated carbocycles. The molecule has 1 N–H and O–H groups in total. The van der Waals surface area contributed by atoms with Gasteiger partial charge in [-0.2, -0.15) is 5.26 Å². The lowest BCUT2D eigenvalue weighted by molar-refractivity contribution is 0.122. The van der Waals surface area contributed by atoms with Gasteiger partial charge in [-0.3, -0.25) is 0 Å². The summed E-state index contributed by atoms with van der Waals surface area (Å²) in [7, 11) is 0. The molecule has 0 amide bonds. The number of hydrogen-bond acceptors (Lipinski definition) is 7. The molecule has 154 valence electrons. The van der Waals surface area contributed by atoms with Gasteiger partial charge in [-0.15, -0.1) is 0 Å². The summed E-state index contributed by atoms with van der Waals surface area (Å²) in [6.07, 6.45) is 0. The molecular formula is C22H23ClN6O. The van der Waals surface area contributed by atoms with Crippen LogP contribution in [0.25, 0.3) is 11.0 Å². The topological polar surface area (TPSA) is 87.0 Å². The Labute approximate surface area is 180 Å². The zero-order chi connectivity index (χ0) is 21.3. The SMILES string of the molecule is Cc1cc([C@@H](C)Nc2ccc(Cl)nc2C)c2nc(N3CCOCC3)c(C#N)nc2c1. The molecule has 1 aliphatic heterocycles. The standard InChI is InChI=1S/C22H23ClN6O/c1-13-10-16(14(2)25-17-4-5-20(23)26-15(17)3)21-18(11-13)27-19(12-24)22(28-21)29-6-8-30-9-7-29/h4-5,10-11,14,25H,6-9H2,1-3H3/t14-/m1/s1. The highest BCUT2D eigenvalue weighted by Gasteiger charge is 2.21. The fourth-order valence-corrected chi connectivity index (χ4v) is 3.91. The molecule has 30 heavy (non-hydrogen) atoms. The Morgan fingerprint density at radius 3 is 2.63 bits per heavy atom. The van der Waals surface area contributed by atoms with E-state index in [0.717, 1.165) is 33.5 Å². The molecule has 3 heterocycles. The molecule has 7 nitrogen and oxygen atoms in total. The van der Waals surface area contributed by atoms with Crippen LogP contribution in [0, 0.1) is 25.2 Å². The summed E-state index contributed by atoms with van der Waals surface area (Å²) >= 11 is 5.99. The number of aromatic nitrogens is 3. The van der Waals surface area contributed by atoms with Gasteiger partial charge in [0.15, 0.2) is 11.5 Å². The molecule has 0 bridgehead atoms. The van der Waals surface area contributed by atoms with Crippen molar-refractivity contribution in [3.05, 3.63) is 51.9 Å². The average Bonchev–Trinajstić information content (AvgIpc) is 2.74. The second kappa shape index (κ2) is 8.42. The van der Waals surface area contributed by atoms with Crippen molar-refractivity contribution in [2.24, 2.45) is 0 Å². The summed E-state index contributed by atoms with van der Waals surface area (Å²) in [5.74, 6) is 0.620. The van der Waals surface area contributed by atoms with Crippen molar-refractivity contribution in [2.45, 2.75) is 26.8 Å². The fraction of sp³-hybridized carbons (Fsp3) is 0.364. The van der Waals surface area contributed by atoms with Gasteiger partial charge < -0.3 is 15.0 Å². The van der Waals surface area contributed by atoms with E-state index < -0.39 is 0 Å². The molecule has 2 aromatic heterocycles. The normalized spacial score (nSPS) is 15.1. The molecule has 0 spiro atoms. The van der Waals surface area contributed by atoms with E-state index in [2.05, 4.69) is 39.2 Å². The summed E-state index contributed by atoms with van der Waals surface area (Å²) in [6.45, 7) is 8.65. The minimum absolute atomic E-state index is 0.0474. The number of nitrogens with zero attached hydrogens (tertiary/aromatic N) is 5. The lowest BCUT2D eigenvalue weighted by Crippen LogP contribution is -2.37. The summed E-state index contributed by atoms with van der Waals surface area (Å²) in [5.41, 5.74) is 5.69. The van der Waals surface area contributed by atoms with Crippen molar-refractivity contribution in [1.82, 2.24) is 15.0 Å². The summed E-state index contributed by atoms with van der Waals surface area (Å²) < 4.78 is 5.45. The van der Waals surface area contributed by atoms with Gasteiger partial charge in [0.25, 0.3) is 0 Å². The van der Waals surface area contributed by atoms with E-state index in [1.54, 1.807) is 6.07 Å². The number of rotatable bonds is 4. The summed E-state index contributed by atoms with van der Waals surface area (Å²) in [6, 6.07) is 9.95. The van der Waals surface area contributed by atoms with E-state index >= 15 is 0 Å². The maximum atomic E-state index is 9.66. The molecule has 1 atom stereocenters. The molecule has 1 saturated heterocycles. The first-order chi connectivity index (χ1) is 14.5. The number of fused-ring (bicyclic) bond motifs is 1. The van der Waals surface area contributed by atoms with Crippen LogP contribution in [0.15, 0.2) is 24.3 Å². The number of benzene rings is 1. The minimum Gasteiger partial charge on any atom is -0.378 e. The maximum absolute atomic E-state index is 9.66. The third kappa shape index (κ3) is 4.02. The van der Waals surface area contributed by atoms with Crippen LogP contribution in [0.4, 0.5) is 11.5 Å². The molecule has 1 fully saturated rings. The first-order valence-corrected chi connectivity index (χ1v) is 10.3. The van der Waals surface area contributed by atoms with Crippen molar-refractivity contribution in [2.75, 3.05) is 36.5 Å². The molecule has 0 unspecified atom stereocenters. The van der Waals surface area contributed by atoms with Crippen LogP contribution < -0.4 is 10.2 Å².